The molecule has 27 heavy (non-hydrogen) atoms. The number of aryl methyl sites for hydroxylation is 1. The summed E-state index contributed by atoms with van der Waals surface area (Å²) in [7, 11) is 0. The first-order chi connectivity index (χ1) is 13.2. The standard InChI is InChI=1S/C21H22Cl2N2OS/c1-16-4-2-3-5-20(16)26-14-21-24-19(15-27-21)17-6-8-18(9-7-17)25(12-10-22)13-11-23/h2-9,15H,10-14H2,1H3. The van der Waals surface area contributed by atoms with E-state index in [4.69, 9.17) is 32.9 Å². The zero-order valence-corrected chi connectivity index (χ0v) is 17.5. The molecule has 1 aromatic heterocycles. The quantitative estimate of drug-likeness (QED) is 0.398. The van der Waals surface area contributed by atoms with Crippen LogP contribution in [0.25, 0.3) is 11.3 Å². The van der Waals surface area contributed by atoms with Crippen LogP contribution in [-0.4, -0.2) is 29.8 Å². The Balaban J connectivity index is 1.66. The van der Waals surface area contributed by atoms with Gasteiger partial charge in [0.15, 0.2) is 0 Å². The van der Waals surface area contributed by atoms with Crippen LogP contribution in [0.3, 0.4) is 0 Å². The fourth-order valence-corrected chi connectivity index (χ4v) is 3.91. The molecule has 3 rings (SSSR count). The first-order valence-corrected chi connectivity index (χ1v) is 10.8. The lowest BCUT2D eigenvalue weighted by molar-refractivity contribution is 0.303. The van der Waals surface area contributed by atoms with E-state index in [-0.39, 0.29) is 0 Å². The zero-order valence-electron chi connectivity index (χ0n) is 15.2. The minimum Gasteiger partial charge on any atom is -0.486 e. The third kappa shape index (κ3) is 5.38. The molecule has 3 aromatic rings. The Kier molecular flexibility index (Phi) is 7.39. The number of hydrogen-bond donors (Lipinski definition) is 0. The topological polar surface area (TPSA) is 25.4 Å². The summed E-state index contributed by atoms with van der Waals surface area (Å²) >= 11 is 13.4. The van der Waals surface area contributed by atoms with Crippen LogP contribution in [0.5, 0.6) is 5.75 Å². The molecule has 0 saturated carbocycles. The minimum atomic E-state index is 0.479. The summed E-state index contributed by atoms with van der Waals surface area (Å²) < 4.78 is 5.89. The molecule has 0 saturated heterocycles. The van der Waals surface area contributed by atoms with Crippen molar-refractivity contribution in [2.75, 3.05) is 29.7 Å². The van der Waals surface area contributed by atoms with Crippen molar-refractivity contribution in [3.8, 4) is 17.0 Å². The number of halogens is 2. The summed E-state index contributed by atoms with van der Waals surface area (Å²) in [4.78, 5) is 6.90. The van der Waals surface area contributed by atoms with Crippen LogP contribution in [0.2, 0.25) is 0 Å². The summed E-state index contributed by atoms with van der Waals surface area (Å²) in [5.74, 6) is 2.06. The van der Waals surface area contributed by atoms with E-state index in [0.29, 0.717) is 18.4 Å². The van der Waals surface area contributed by atoms with E-state index in [2.05, 4.69) is 34.5 Å². The van der Waals surface area contributed by atoms with Gasteiger partial charge >= 0.3 is 0 Å². The van der Waals surface area contributed by atoms with E-state index in [1.165, 1.54) is 0 Å². The largest absolute Gasteiger partial charge is 0.486 e. The van der Waals surface area contributed by atoms with Crippen LogP contribution < -0.4 is 9.64 Å². The molecule has 0 fully saturated rings. The second kappa shape index (κ2) is 9.98. The highest BCUT2D eigenvalue weighted by Gasteiger charge is 2.09. The first kappa shape index (κ1) is 20.0. The molecule has 2 aromatic carbocycles. The van der Waals surface area contributed by atoms with Gasteiger partial charge in [0.05, 0.1) is 5.69 Å². The molecular formula is C21H22Cl2N2OS. The van der Waals surface area contributed by atoms with Crippen molar-refractivity contribution in [2.24, 2.45) is 0 Å². The molecule has 0 N–H and O–H groups in total. The molecule has 142 valence electrons. The fraction of sp³-hybridized carbons (Fsp3) is 0.286. The van der Waals surface area contributed by atoms with Gasteiger partial charge < -0.3 is 9.64 Å². The van der Waals surface area contributed by atoms with Crippen LogP contribution in [-0.2, 0) is 6.61 Å². The predicted molar refractivity (Wildman–Crippen MR) is 117 cm³/mol. The molecule has 0 aliphatic rings. The van der Waals surface area contributed by atoms with Crippen molar-refractivity contribution in [2.45, 2.75) is 13.5 Å². The number of thiazole rings is 1. The highest BCUT2D eigenvalue weighted by atomic mass is 35.5. The highest BCUT2D eigenvalue weighted by molar-refractivity contribution is 7.09. The van der Waals surface area contributed by atoms with Crippen molar-refractivity contribution >= 4 is 40.2 Å². The lowest BCUT2D eigenvalue weighted by atomic mass is 10.1. The molecule has 3 nitrogen and oxygen atoms in total. The molecule has 0 atom stereocenters. The Morgan fingerprint density at radius 2 is 1.70 bits per heavy atom. The van der Waals surface area contributed by atoms with Crippen molar-refractivity contribution < 1.29 is 4.74 Å². The summed E-state index contributed by atoms with van der Waals surface area (Å²) in [5.41, 5.74) is 4.31. The smallest absolute Gasteiger partial charge is 0.140 e. The van der Waals surface area contributed by atoms with E-state index < -0.39 is 0 Å². The Hall–Kier alpha value is -1.75. The van der Waals surface area contributed by atoms with Crippen LogP contribution in [0.4, 0.5) is 5.69 Å². The lowest BCUT2D eigenvalue weighted by Gasteiger charge is -2.22. The van der Waals surface area contributed by atoms with Gasteiger partial charge in [0, 0.05) is 41.5 Å². The second-order valence-corrected chi connectivity index (χ2v) is 7.79. The maximum atomic E-state index is 5.89. The molecule has 0 unspecified atom stereocenters. The van der Waals surface area contributed by atoms with E-state index in [9.17, 15) is 0 Å². The van der Waals surface area contributed by atoms with Gasteiger partial charge in [0.2, 0.25) is 0 Å². The predicted octanol–water partition coefficient (Wildman–Crippen LogP) is 5.98. The van der Waals surface area contributed by atoms with Crippen LogP contribution in [0.15, 0.2) is 53.9 Å². The number of nitrogens with zero attached hydrogens (tertiary/aromatic N) is 2. The number of hydrogen-bond acceptors (Lipinski definition) is 4. The Labute approximate surface area is 174 Å². The highest BCUT2D eigenvalue weighted by Crippen LogP contribution is 2.26. The van der Waals surface area contributed by atoms with Crippen molar-refractivity contribution in [3.05, 3.63) is 64.5 Å². The van der Waals surface area contributed by atoms with Gasteiger partial charge in [-0.1, -0.05) is 30.3 Å². The molecule has 0 bridgehead atoms. The van der Waals surface area contributed by atoms with Gasteiger partial charge in [0.25, 0.3) is 0 Å². The number of anilines is 1. The van der Waals surface area contributed by atoms with Crippen LogP contribution in [0.1, 0.15) is 10.6 Å². The van der Waals surface area contributed by atoms with E-state index in [1.54, 1.807) is 11.3 Å². The first-order valence-electron chi connectivity index (χ1n) is 8.81. The average Bonchev–Trinajstić information content (AvgIpc) is 3.16. The third-order valence-electron chi connectivity index (χ3n) is 4.23. The minimum absolute atomic E-state index is 0.479. The molecule has 0 amide bonds. The van der Waals surface area contributed by atoms with Gasteiger partial charge in [-0.25, -0.2) is 4.98 Å². The number of alkyl halides is 2. The van der Waals surface area contributed by atoms with Crippen molar-refractivity contribution in [1.82, 2.24) is 4.98 Å². The summed E-state index contributed by atoms with van der Waals surface area (Å²) in [6, 6.07) is 16.4. The van der Waals surface area contributed by atoms with Crippen LogP contribution in [0, 0.1) is 6.92 Å². The van der Waals surface area contributed by atoms with Gasteiger partial charge in [-0.05, 0) is 30.7 Å². The molecule has 0 aliphatic heterocycles. The maximum Gasteiger partial charge on any atom is 0.140 e. The van der Waals surface area contributed by atoms with E-state index in [1.807, 2.05) is 31.2 Å². The number of ether oxygens (including phenoxy) is 1. The summed E-state index contributed by atoms with van der Waals surface area (Å²) in [6.07, 6.45) is 0. The Bertz CT molecular complexity index is 845. The second-order valence-electron chi connectivity index (χ2n) is 6.09. The monoisotopic (exact) mass is 420 g/mol. The van der Waals surface area contributed by atoms with Crippen molar-refractivity contribution in [1.29, 1.82) is 0 Å². The van der Waals surface area contributed by atoms with Crippen molar-refractivity contribution in [3.63, 3.8) is 0 Å². The summed E-state index contributed by atoms with van der Waals surface area (Å²) in [5, 5.41) is 3.03. The van der Waals surface area contributed by atoms with E-state index in [0.717, 1.165) is 46.4 Å². The van der Waals surface area contributed by atoms with Gasteiger partial charge in [0.1, 0.15) is 17.4 Å². The van der Waals surface area contributed by atoms with E-state index >= 15 is 0 Å². The maximum absolute atomic E-state index is 5.89. The summed E-state index contributed by atoms with van der Waals surface area (Å²) in [6.45, 7) is 4.09. The Morgan fingerprint density at radius 3 is 2.37 bits per heavy atom. The molecule has 0 spiro atoms. The number of aromatic nitrogens is 1. The fourth-order valence-electron chi connectivity index (χ4n) is 2.78. The zero-order chi connectivity index (χ0) is 19.1. The van der Waals surface area contributed by atoms with Crippen LogP contribution >= 0.6 is 34.5 Å². The van der Waals surface area contributed by atoms with Gasteiger partial charge in [-0.15, -0.1) is 34.5 Å². The molecule has 6 heteroatoms. The SMILES string of the molecule is Cc1ccccc1OCc1nc(-c2ccc(N(CCCl)CCCl)cc2)cs1. The number of benzene rings is 2. The lowest BCUT2D eigenvalue weighted by Crippen LogP contribution is -2.27. The molecule has 1 heterocycles. The number of rotatable bonds is 9. The number of para-hydroxylation sites is 1. The average molecular weight is 421 g/mol. The normalized spacial score (nSPS) is 10.8. The Morgan fingerprint density at radius 1 is 1.00 bits per heavy atom. The van der Waals surface area contributed by atoms with Gasteiger partial charge in [-0.3, -0.25) is 0 Å². The molecular weight excluding hydrogens is 399 g/mol. The third-order valence-corrected chi connectivity index (χ3v) is 5.39. The molecule has 0 aliphatic carbocycles. The van der Waals surface area contributed by atoms with Gasteiger partial charge in [-0.2, -0.15) is 0 Å². The molecule has 0 radical (unpaired) electrons.